The standard InChI is InChI=1S/C14H13ClF2N2/c1-2-3-13-10(7-15)8-18-14(19-13)9-4-5-11(16)12(17)6-9/h4-6,8H,2-3,7H2,1H3. The molecule has 2 rings (SSSR count). The molecule has 19 heavy (non-hydrogen) atoms. The highest BCUT2D eigenvalue weighted by molar-refractivity contribution is 6.17. The van der Waals surface area contributed by atoms with Crippen molar-refractivity contribution in [2.75, 3.05) is 0 Å². The predicted molar refractivity (Wildman–Crippen MR) is 70.9 cm³/mol. The Balaban J connectivity index is 2.44. The smallest absolute Gasteiger partial charge is 0.159 e. The Morgan fingerprint density at radius 2 is 2.00 bits per heavy atom. The molecule has 0 amide bonds. The van der Waals surface area contributed by atoms with Crippen molar-refractivity contribution in [1.82, 2.24) is 9.97 Å². The number of rotatable bonds is 4. The van der Waals surface area contributed by atoms with Gasteiger partial charge in [-0.3, -0.25) is 0 Å². The minimum Gasteiger partial charge on any atom is -0.236 e. The SMILES string of the molecule is CCCc1nc(-c2ccc(F)c(F)c2)ncc1CCl. The van der Waals surface area contributed by atoms with E-state index in [-0.39, 0.29) is 0 Å². The summed E-state index contributed by atoms with van der Waals surface area (Å²) in [4.78, 5) is 8.54. The van der Waals surface area contributed by atoms with Crippen molar-refractivity contribution in [2.45, 2.75) is 25.6 Å². The molecular formula is C14H13ClF2N2. The molecule has 0 fully saturated rings. The molecule has 0 bridgehead atoms. The lowest BCUT2D eigenvalue weighted by Crippen LogP contribution is -2.01. The van der Waals surface area contributed by atoms with Gasteiger partial charge in [-0.05, 0) is 24.6 Å². The second-order valence-corrected chi connectivity index (χ2v) is 4.45. The van der Waals surface area contributed by atoms with E-state index in [2.05, 4.69) is 9.97 Å². The van der Waals surface area contributed by atoms with Crippen LogP contribution in [0.25, 0.3) is 11.4 Å². The minimum absolute atomic E-state index is 0.341. The Kier molecular flexibility index (Phi) is 4.43. The first kappa shape index (κ1) is 13.9. The molecule has 0 aliphatic heterocycles. The van der Waals surface area contributed by atoms with E-state index in [1.165, 1.54) is 6.07 Å². The molecule has 1 aromatic carbocycles. The lowest BCUT2D eigenvalue weighted by Gasteiger charge is -2.07. The molecule has 0 unspecified atom stereocenters. The molecule has 0 saturated heterocycles. The highest BCUT2D eigenvalue weighted by Gasteiger charge is 2.10. The van der Waals surface area contributed by atoms with Crippen LogP contribution in [0.1, 0.15) is 24.6 Å². The summed E-state index contributed by atoms with van der Waals surface area (Å²) in [6, 6.07) is 3.63. The van der Waals surface area contributed by atoms with Gasteiger partial charge < -0.3 is 0 Å². The van der Waals surface area contributed by atoms with Gasteiger partial charge in [-0.1, -0.05) is 13.3 Å². The Hall–Kier alpha value is -1.55. The first-order valence-corrected chi connectivity index (χ1v) is 6.55. The van der Waals surface area contributed by atoms with Crippen LogP contribution < -0.4 is 0 Å². The maximum absolute atomic E-state index is 13.2. The lowest BCUT2D eigenvalue weighted by atomic mass is 10.1. The molecular weight excluding hydrogens is 270 g/mol. The van der Waals surface area contributed by atoms with Gasteiger partial charge in [0.25, 0.3) is 0 Å². The summed E-state index contributed by atoms with van der Waals surface area (Å²) in [6.07, 6.45) is 3.35. The van der Waals surface area contributed by atoms with Gasteiger partial charge in [-0.2, -0.15) is 0 Å². The normalized spacial score (nSPS) is 10.7. The van der Waals surface area contributed by atoms with Gasteiger partial charge in [0, 0.05) is 23.0 Å². The topological polar surface area (TPSA) is 25.8 Å². The van der Waals surface area contributed by atoms with E-state index < -0.39 is 11.6 Å². The van der Waals surface area contributed by atoms with Crippen molar-refractivity contribution in [3.05, 3.63) is 47.3 Å². The number of hydrogen-bond acceptors (Lipinski definition) is 2. The van der Waals surface area contributed by atoms with Gasteiger partial charge in [0.05, 0.1) is 5.88 Å². The zero-order valence-corrected chi connectivity index (χ0v) is 11.2. The average Bonchev–Trinajstić information content (AvgIpc) is 2.42. The minimum atomic E-state index is -0.903. The Morgan fingerprint density at radius 3 is 2.63 bits per heavy atom. The van der Waals surface area contributed by atoms with E-state index in [9.17, 15) is 8.78 Å². The summed E-state index contributed by atoms with van der Waals surface area (Å²) < 4.78 is 26.1. The fourth-order valence-electron chi connectivity index (χ4n) is 1.78. The summed E-state index contributed by atoms with van der Waals surface area (Å²) in [6.45, 7) is 2.04. The van der Waals surface area contributed by atoms with Crippen LogP contribution in [0.4, 0.5) is 8.78 Å². The maximum Gasteiger partial charge on any atom is 0.159 e. The third-order valence-corrected chi connectivity index (χ3v) is 3.05. The van der Waals surface area contributed by atoms with Crippen molar-refractivity contribution in [1.29, 1.82) is 0 Å². The Labute approximate surface area is 115 Å². The third-order valence-electron chi connectivity index (χ3n) is 2.76. The number of alkyl halides is 1. The van der Waals surface area contributed by atoms with Crippen LogP contribution in [-0.4, -0.2) is 9.97 Å². The summed E-state index contributed by atoms with van der Waals surface area (Å²) >= 11 is 5.82. The van der Waals surface area contributed by atoms with E-state index in [0.717, 1.165) is 36.2 Å². The van der Waals surface area contributed by atoms with Crippen LogP contribution >= 0.6 is 11.6 Å². The van der Waals surface area contributed by atoms with Gasteiger partial charge in [0.2, 0.25) is 0 Å². The molecule has 2 nitrogen and oxygen atoms in total. The van der Waals surface area contributed by atoms with E-state index in [1.807, 2.05) is 6.92 Å². The molecule has 0 aliphatic carbocycles. The molecule has 100 valence electrons. The molecule has 1 heterocycles. The predicted octanol–water partition coefficient (Wildman–Crippen LogP) is 4.11. The zero-order chi connectivity index (χ0) is 13.8. The number of halogens is 3. The van der Waals surface area contributed by atoms with Gasteiger partial charge in [0.15, 0.2) is 17.5 Å². The van der Waals surface area contributed by atoms with Crippen molar-refractivity contribution in [2.24, 2.45) is 0 Å². The van der Waals surface area contributed by atoms with Crippen molar-refractivity contribution < 1.29 is 8.78 Å². The van der Waals surface area contributed by atoms with Gasteiger partial charge in [0.1, 0.15) is 0 Å². The van der Waals surface area contributed by atoms with E-state index in [1.54, 1.807) is 6.20 Å². The molecule has 0 N–H and O–H groups in total. The third kappa shape index (κ3) is 3.07. The molecule has 5 heteroatoms. The molecule has 0 saturated carbocycles. The first-order chi connectivity index (χ1) is 9.15. The molecule has 0 atom stereocenters. The first-order valence-electron chi connectivity index (χ1n) is 6.02. The van der Waals surface area contributed by atoms with Crippen molar-refractivity contribution in [3.8, 4) is 11.4 Å². The monoisotopic (exact) mass is 282 g/mol. The summed E-state index contributed by atoms with van der Waals surface area (Å²) in [5, 5.41) is 0. The van der Waals surface area contributed by atoms with Crippen molar-refractivity contribution >= 4 is 11.6 Å². The van der Waals surface area contributed by atoms with Crippen LogP contribution in [0.15, 0.2) is 24.4 Å². The maximum atomic E-state index is 13.2. The molecule has 0 spiro atoms. The number of aromatic nitrogens is 2. The molecule has 1 aromatic heterocycles. The fraction of sp³-hybridized carbons (Fsp3) is 0.286. The number of aryl methyl sites for hydroxylation is 1. The van der Waals surface area contributed by atoms with Gasteiger partial charge >= 0.3 is 0 Å². The van der Waals surface area contributed by atoms with Crippen LogP contribution in [-0.2, 0) is 12.3 Å². The zero-order valence-electron chi connectivity index (χ0n) is 10.5. The highest BCUT2D eigenvalue weighted by atomic mass is 35.5. The van der Waals surface area contributed by atoms with Gasteiger partial charge in [-0.15, -0.1) is 11.6 Å². The Bertz CT molecular complexity index is 588. The Morgan fingerprint density at radius 1 is 1.21 bits per heavy atom. The van der Waals surface area contributed by atoms with Crippen LogP contribution in [0.2, 0.25) is 0 Å². The summed E-state index contributed by atoms with van der Waals surface area (Å²) in [7, 11) is 0. The van der Waals surface area contributed by atoms with Crippen molar-refractivity contribution in [3.63, 3.8) is 0 Å². The fourth-order valence-corrected chi connectivity index (χ4v) is 2.00. The second-order valence-electron chi connectivity index (χ2n) is 4.18. The molecule has 0 aliphatic rings. The quantitative estimate of drug-likeness (QED) is 0.789. The molecule has 0 radical (unpaired) electrons. The van der Waals surface area contributed by atoms with Crippen LogP contribution in [0.3, 0.4) is 0 Å². The lowest BCUT2D eigenvalue weighted by molar-refractivity contribution is 0.509. The van der Waals surface area contributed by atoms with E-state index >= 15 is 0 Å². The number of hydrogen-bond donors (Lipinski definition) is 0. The second kappa shape index (κ2) is 6.06. The van der Waals surface area contributed by atoms with Crippen LogP contribution in [0, 0.1) is 11.6 Å². The largest absolute Gasteiger partial charge is 0.236 e. The van der Waals surface area contributed by atoms with E-state index in [4.69, 9.17) is 11.6 Å². The number of benzene rings is 1. The van der Waals surface area contributed by atoms with E-state index in [0.29, 0.717) is 17.3 Å². The molecule has 2 aromatic rings. The summed E-state index contributed by atoms with van der Waals surface area (Å²) in [5.41, 5.74) is 2.18. The van der Waals surface area contributed by atoms with Gasteiger partial charge in [-0.25, -0.2) is 18.7 Å². The summed E-state index contributed by atoms with van der Waals surface area (Å²) in [5.74, 6) is -1.06. The van der Waals surface area contributed by atoms with Crippen LogP contribution in [0.5, 0.6) is 0 Å². The average molecular weight is 283 g/mol. The number of nitrogens with zero attached hydrogens (tertiary/aromatic N) is 2. The highest BCUT2D eigenvalue weighted by Crippen LogP contribution is 2.20.